The van der Waals surface area contributed by atoms with E-state index in [4.69, 9.17) is 10.5 Å². The molecule has 0 amide bonds. The zero-order chi connectivity index (χ0) is 13.8. The van der Waals surface area contributed by atoms with Crippen molar-refractivity contribution >= 4 is 0 Å². The fourth-order valence-electron chi connectivity index (χ4n) is 3.26. The second-order valence-corrected chi connectivity index (χ2v) is 5.60. The molecule has 0 aromatic heterocycles. The number of methoxy groups -OCH3 is 1. The van der Waals surface area contributed by atoms with Gasteiger partial charge in [-0.25, -0.2) is 0 Å². The summed E-state index contributed by atoms with van der Waals surface area (Å²) in [6.07, 6.45) is 2.42. The van der Waals surface area contributed by atoms with Crippen molar-refractivity contribution in [1.82, 2.24) is 4.90 Å². The molecule has 0 bridgehead atoms. The zero-order valence-corrected chi connectivity index (χ0v) is 12.4. The summed E-state index contributed by atoms with van der Waals surface area (Å²) >= 11 is 0. The van der Waals surface area contributed by atoms with Gasteiger partial charge in [0.25, 0.3) is 0 Å². The standard InChI is InChI=1S/C16H26N2O/c1-12-10-13(2)16(15(11-12)19-3)14-4-7-18(8-5-14)9-6-17/h10-11,14H,4-9,17H2,1-3H3. The molecule has 0 radical (unpaired) electrons. The Kier molecular flexibility index (Phi) is 4.83. The van der Waals surface area contributed by atoms with E-state index in [0.29, 0.717) is 5.92 Å². The summed E-state index contributed by atoms with van der Waals surface area (Å²) in [4.78, 5) is 2.46. The highest BCUT2D eigenvalue weighted by molar-refractivity contribution is 5.45. The molecule has 3 heteroatoms. The fraction of sp³-hybridized carbons (Fsp3) is 0.625. The van der Waals surface area contributed by atoms with Gasteiger partial charge in [0.1, 0.15) is 5.75 Å². The number of aryl methyl sites for hydroxylation is 2. The maximum absolute atomic E-state index is 5.63. The summed E-state index contributed by atoms with van der Waals surface area (Å²) in [7, 11) is 1.78. The van der Waals surface area contributed by atoms with Crippen molar-refractivity contribution in [3.8, 4) is 5.75 Å². The van der Waals surface area contributed by atoms with Crippen LogP contribution in [0.1, 0.15) is 35.4 Å². The highest BCUT2D eigenvalue weighted by Crippen LogP contribution is 2.37. The van der Waals surface area contributed by atoms with E-state index >= 15 is 0 Å². The van der Waals surface area contributed by atoms with Crippen LogP contribution in [0, 0.1) is 13.8 Å². The molecule has 106 valence electrons. The molecule has 19 heavy (non-hydrogen) atoms. The highest BCUT2D eigenvalue weighted by atomic mass is 16.5. The van der Waals surface area contributed by atoms with Crippen LogP contribution in [0.5, 0.6) is 5.75 Å². The Balaban J connectivity index is 2.15. The molecular formula is C16H26N2O. The molecule has 1 heterocycles. The lowest BCUT2D eigenvalue weighted by Crippen LogP contribution is -2.36. The number of benzene rings is 1. The van der Waals surface area contributed by atoms with Gasteiger partial charge in [-0.2, -0.15) is 0 Å². The van der Waals surface area contributed by atoms with Crippen LogP contribution in [0.3, 0.4) is 0 Å². The average molecular weight is 262 g/mol. The molecule has 1 aromatic rings. The molecular weight excluding hydrogens is 236 g/mol. The van der Waals surface area contributed by atoms with Gasteiger partial charge in [0.2, 0.25) is 0 Å². The van der Waals surface area contributed by atoms with Crippen LogP contribution < -0.4 is 10.5 Å². The highest BCUT2D eigenvalue weighted by Gasteiger charge is 2.24. The maximum atomic E-state index is 5.63. The Morgan fingerprint density at radius 2 is 1.95 bits per heavy atom. The summed E-state index contributed by atoms with van der Waals surface area (Å²) in [5.74, 6) is 1.69. The van der Waals surface area contributed by atoms with Gasteiger partial charge in [-0.1, -0.05) is 6.07 Å². The van der Waals surface area contributed by atoms with Crippen LogP contribution in [0.2, 0.25) is 0 Å². The van der Waals surface area contributed by atoms with Crippen LogP contribution in [0.25, 0.3) is 0 Å². The number of piperidine rings is 1. The molecule has 1 saturated heterocycles. The summed E-state index contributed by atoms with van der Waals surface area (Å²) < 4.78 is 5.60. The fourth-order valence-corrected chi connectivity index (χ4v) is 3.26. The van der Waals surface area contributed by atoms with Crippen LogP contribution in [-0.4, -0.2) is 38.2 Å². The third kappa shape index (κ3) is 3.28. The third-order valence-corrected chi connectivity index (χ3v) is 4.15. The van der Waals surface area contributed by atoms with Gasteiger partial charge in [-0.3, -0.25) is 0 Å². The lowest BCUT2D eigenvalue weighted by Gasteiger charge is -2.33. The van der Waals surface area contributed by atoms with Gasteiger partial charge >= 0.3 is 0 Å². The van der Waals surface area contributed by atoms with E-state index in [9.17, 15) is 0 Å². The zero-order valence-electron chi connectivity index (χ0n) is 12.4. The predicted molar refractivity (Wildman–Crippen MR) is 79.9 cm³/mol. The molecule has 3 nitrogen and oxygen atoms in total. The summed E-state index contributed by atoms with van der Waals surface area (Å²) in [6, 6.07) is 4.43. The Labute approximate surface area is 116 Å². The Hall–Kier alpha value is -1.06. The maximum Gasteiger partial charge on any atom is 0.122 e. The first-order valence-electron chi connectivity index (χ1n) is 7.23. The quantitative estimate of drug-likeness (QED) is 0.906. The van der Waals surface area contributed by atoms with Crippen LogP contribution >= 0.6 is 0 Å². The van der Waals surface area contributed by atoms with Gasteiger partial charge in [0, 0.05) is 18.7 Å². The second kappa shape index (κ2) is 6.40. The van der Waals surface area contributed by atoms with Crippen molar-refractivity contribution in [1.29, 1.82) is 0 Å². The van der Waals surface area contributed by atoms with Gasteiger partial charge < -0.3 is 15.4 Å². The average Bonchev–Trinajstić information content (AvgIpc) is 2.39. The van der Waals surface area contributed by atoms with Crippen molar-refractivity contribution in [3.05, 3.63) is 28.8 Å². The first-order valence-corrected chi connectivity index (χ1v) is 7.23. The van der Waals surface area contributed by atoms with Crippen LogP contribution in [0.15, 0.2) is 12.1 Å². The van der Waals surface area contributed by atoms with E-state index < -0.39 is 0 Å². The smallest absolute Gasteiger partial charge is 0.122 e. The first-order chi connectivity index (χ1) is 9.15. The molecule has 1 aliphatic rings. The Morgan fingerprint density at radius 1 is 1.26 bits per heavy atom. The third-order valence-electron chi connectivity index (χ3n) is 4.15. The van der Waals surface area contributed by atoms with E-state index in [-0.39, 0.29) is 0 Å². The minimum Gasteiger partial charge on any atom is -0.496 e. The molecule has 0 atom stereocenters. The minimum atomic E-state index is 0.629. The number of ether oxygens (including phenoxy) is 1. The summed E-state index contributed by atoms with van der Waals surface area (Å²) in [5.41, 5.74) is 9.69. The van der Waals surface area contributed by atoms with E-state index in [1.165, 1.54) is 29.5 Å². The topological polar surface area (TPSA) is 38.5 Å². The Bertz CT molecular complexity index is 423. The summed E-state index contributed by atoms with van der Waals surface area (Å²) in [5, 5.41) is 0. The van der Waals surface area contributed by atoms with Gasteiger partial charge in [-0.15, -0.1) is 0 Å². The minimum absolute atomic E-state index is 0.629. The van der Waals surface area contributed by atoms with E-state index in [1.54, 1.807) is 7.11 Å². The number of rotatable bonds is 4. The molecule has 1 fully saturated rings. The normalized spacial score (nSPS) is 17.7. The summed E-state index contributed by atoms with van der Waals surface area (Å²) in [6.45, 7) is 8.42. The van der Waals surface area contributed by atoms with E-state index in [2.05, 4.69) is 30.9 Å². The lowest BCUT2D eigenvalue weighted by atomic mass is 9.85. The monoisotopic (exact) mass is 262 g/mol. The SMILES string of the molecule is COc1cc(C)cc(C)c1C1CCN(CCN)CC1. The van der Waals surface area contributed by atoms with Gasteiger partial charge in [0.15, 0.2) is 0 Å². The molecule has 0 saturated carbocycles. The largest absolute Gasteiger partial charge is 0.496 e. The van der Waals surface area contributed by atoms with Crippen molar-refractivity contribution in [2.24, 2.45) is 5.73 Å². The van der Waals surface area contributed by atoms with Crippen molar-refractivity contribution in [2.45, 2.75) is 32.6 Å². The van der Waals surface area contributed by atoms with E-state index in [0.717, 1.165) is 31.9 Å². The predicted octanol–water partition coefficient (Wildman–Crippen LogP) is 2.45. The number of likely N-dealkylation sites (tertiary alicyclic amines) is 1. The Morgan fingerprint density at radius 3 is 2.53 bits per heavy atom. The van der Waals surface area contributed by atoms with Crippen molar-refractivity contribution in [2.75, 3.05) is 33.3 Å². The van der Waals surface area contributed by atoms with Gasteiger partial charge in [-0.05, 0) is 62.9 Å². The lowest BCUT2D eigenvalue weighted by molar-refractivity contribution is 0.216. The number of hydrogen-bond acceptors (Lipinski definition) is 3. The number of hydrogen-bond donors (Lipinski definition) is 1. The van der Waals surface area contributed by atoms with Crippen molar-refractivity contribution in [3.63, 3.8) is 0 Å². The molecule has 2 N–H and O–H groups in total. The van der Waals surface area contributed by atoms with Crippen molar-refractivity contribution < 1.29 is 4.74 Å². The number of nitrogens with zero attached hydrogens (tertiary/aromatic N) is 1. The van der Waals surface area contributed by atoms with Crippen LogP contribution in [0.4, 0.5) is 0 Å². The van der Waals surface area contributed by atoms with E-state index in [1.807, 2.05) is 0 Å². The first kappa shape index (κ1) is 14.4. The molecule has 0 aliphatic carbocycles. The molecule has 1 aromatic carbocycles. The van der Waals surface area contributed by atoms with Gasteiger partial charge in [0.05, 0.1) is 7.11 Å². The van der Waals surface area contributed by atoms with Crippen LogP contribution in [-0.2, 0) is 0 Å². The molecule has 1 aliphatic heterocycles. The molecule has 0 spiro atoms. The molecule has 0 unspecified atom stereocenters. The number of nitrogens with two attached hydrogens (primary N) is 1. The second-order valence-electron chi connectivity index (χ2n) is 5.60. The molecule has 2 rings (SSSR count).